The van der Waals surface area contributed by atoms with Crippen LogP contribution >= 0.6 is 0 Å². The zero-order valence-corrected chi connectivity index (χ0v) is 18.3. The van der Waals surface area contributed by atoms with Gasteiger partial charge in [0.1, 0.15) is 11.8 Å². The van der Waals surface area contributed by atoms with E-state index in [4.69, 9.17) is 9.26 Å². The van der Waals surface area contributed by atoms with E-state index in [-0.39, 0.29) is 18.9 Å². The Morgan fingerprint density at radius 2 is 1.94 bits per heavy atom. The van der Waals surface area contributed by atoms with E-state index in [0.717, 1.165) is 16.1 Å². The summed E-state index contributed by atoms with van der Waals surface area (Å²) in [5.74, 6) is 0.635. The minimum Gasteiger partial charge on any atom is -0.497 e. The smallest absolute Gasteiger partial charge is 0.246 e. The van der Waals surface area contributed by atoms with Gasteiger partial charge in [-0.3, -0.25) is 9.10 Å². The van der Waals surface area contributed by atoms with Crippen molar-refractivity contribution in [2.24, 2.45) is 0 Å². The van der Waals surface area contributed by atoms with Gasteiger partial charge in [-0.25, -0.2) is 8.42 Å². The van der Waals surface area contributed by atoms with Gasteiger partial charge in [0.15, 0.2) is 0 Å². The number of anilines is 1. The number of aromatic nitrogens is 2. The molecule has 9 nitrogen and oxygen atoms in total. The fraction of sp³-hybridized carbons (Fsp3) is 0.286. The Morgan fingerprint density at radius 1 is 1.19 bits per heavy atom. The zero-order valence-electron chi connectivity index (χ0n) is 17.5. The van der Waals surface area contributed by atoms with Crippen LogP contribution in [0.4, 0.5) is 5.69 Å². The monoisotopic (exact) mass is 444 g/mol. The molecule has 0 aliphatic rings. The SMILES string of the molecule is CC[C@H](C(=O)NCc1nc(-c2ccccc2)no1)N(c1cccc(OC)c1)S(C)(=O)=O. The molecule has 31 heavy (non-hydrogen) atoms. The molecule has 1 heterocycles. The summed E-state index contributed by atoms with van der Waals surface area (Å²) in [6.07, 6.45) is 1.32. The average molecular weight is 445 g/mol. The maximum Gasteiger partial charge on any atom is 0.246 e. The Kier molecular flexibility index (Phi) is 6.91. The molecule has 0 fully saturated rings. The van der Waals surface area contributed by atoms with Gasteiger partial charge in [-0.05, 0) is 18.6 Å². The van der Waals surface area contributed by atoms with E-state index in [2.05, 4.69) is 15.5 Å². The molecule has 1 N–H and O–H groups in total. The molecule has 1 amide bonds. The lowest BCUT2D eigenvalue weighted by molar-refractivity contribution is -0.122. The molecule has 3 rings (SSSR count). The number of hydrogen-bond acceptors (Lipinski definition) is 7. The number of benzene rings is 2. The van der Waals surface area contributed by atoms with Crippen LogP contribution in [0.5, 0.6) is 5.75 Å². The Hall–Kier alpha value is -3.40. The normalized spacial score (nSPS) is 12.2. The molecule has 0 spiro atoms. The van der Waals surface area contributed by atoms with Crippen molar-refractivity contribution in [1.29, 1.82) is 0 Å². The van der Waals surface area contributed by atoms with Crippen LogP contribution < -0.4 is 14.4 Å². The fourth-order valence-corrected chi connectivity index (χ4v) is 4.32. The summed E-state index contributed by atoms with van der Waals surface area (Å²) >= 11 is 0. The van der Waals surface area contributed by atoms with Gasteiger partial charge in [0, 0.05) is 11.6 Å². The highest BCUT2D eigenvalue weighted by Gasteiger charge is 2.31. The molecular formula is C21H24N4O5S. The Bertz CT molecular complexity index is 1130. The highest BCUT2D eigenvalue weighted by atomic mass is 32.2. The maximum absolute atomic E-state index is 12.9. The first-order chi connectivity index (χ1) is 14.8. The van der Waals surface area contributed by atoms with Crippen molar-refractivity contribution in [3.8, 4) is 17.1 Å². The number of sulfonamides is 1. The molecule has 0 radical (unpaired) electrons. The molecule has 0 aliphatic heterocycles. The van der Waals surface area contributed by atoms with Gasteiger partial charge in [-0.2, -0.15) is 4.98 Å². The van der Waals surface area contributed by atoms with Gasteiger partial charge in [0.25, 0.3) is 0 Å². The van der Waals surface area contributed by atoms with E-state index in [1.807, 2.05) is 30.3 Å². The summed E-state index contributed by atoms with van der Waals surface area (Å²) in [7, 11) is -2.26. The van der Waals surface area contributed by atoms with Gasteiger partial charge < -0.3 is 14.6 Å². The van der Waals surface area contributed by atoms with Crippen molar-refractivity contribution in [2.75, 3.05) is 17.7 Å². The summed E-state index contributed by atoms with van der Waals surface area (Å²) < 4.78 is 36.5. The van der Waals surface area contributed by atoms with Crippen LogP contribution in [0.15, 0.2) is 59.1 Å². The van der Waals surface area contributed by atoms with E-state index in [9.17, 15) is 13.2 Å². The average Bonchev–Trinajstić information content (AvgIpc) is 3.24. The predicted octanol–water partition coefficient (Wildman–Crippen LogP) is 2.61. The topological polar surface area (TPSA) is 115 Å². The van der Waals surface area contributed by atoms with Gasteiger partial charge in [-0.1, -0.05) is 48.5 Å². The second-order valence-electron chi connectivity index (χ2n) is 6.78. The zero-order chi connectivity index (χ0) is 22.4. The van der Waals surface area contributed by atoms with Crippen LogP contribution in [0.25, 0.3) is 11.4 Å². The van der Waals surface area contributed by atoms with E-state index in [1.165, 1.54) is 7.11 Å². The third-order valence-corrected chi connectivity index (χ3v) is 5.73. The van der Waals surface area contributed by atoms with Crippen LogP contribution in [0.3, 0.4) is 0 Å². The quantitative estimate of drug-likeness (QED) is 0.539. The molecule has 0 saturated carbocycles. The second kappa shape index (κ2) is 9.61. The van der Waals surface area contributed by atoms with Crippen LogP contribution in [0.1, 0.15) is 19.2 Å². The molecule has 3 aromatic rings. The molecule has 0 saturated heterocycles. The van der Waals surface area contributed by atoms with Crippen molar-refractivity contribution < 1.29 is 22.5 Å². The first kappa shape index (κ1) is 22.3. The molecule has 2 aromatic carbocycles. The summed E-state index contributed by atoms with van der Waals surface area (Å²) in [5.41, 5.74) is 1.13. The standard InChI is InChI=1S/C21H24N4O5S/c1-4-18(25(31(3,27)28)16-11-8-12-17(13-16)29-2)21(26)22-14-19-23-20(24-30-19)15-9-6-5-7-10-15/h5-13,18H,4,14H2,1-3H3,(H,22,26)/t18-/m1/s1. The lowest BCUT2D eigenvalue weighted by Crippen LogP contribution is -2.49. The molecule has 164 valence electrons. The van der Waals surface area contributed by atoms with Crippen molar-refractivity contribution in [3.63, 3.8) is 0 Å². The predicted molar refractivity (Wildman–Crippen MR) is 116 cm³/mol. The Balaban J connectivity index is 1.77. The minimum atomic E-state index is -3.75. The van der Waals surface area contributed by atoms with E-state index in [0.29, 0.717) is 17.3 Å². The number of nitrogens with one attached hydrogen (secondary N) is 1. The first-order valence-electron chi connectivity index (χ1n) is 9.62. The van der Waals surface area contributed by atoms with Crippen molar-refractivity contribution >= 4 is 21.6 Å². The highest BCUT2D eigenvalue weighted by molar-refractivity contribution is 7.92. The van der Waals surface area contributed by atoms with Crippen LogP contribution in [0, 0.1) is 0 Å². The lowest BCUT2D eigenvalue weighted by atomic mass is 10.2. The van der Waals surface area contributed by atoms with Gasteiger partial charge >= 0.3 is 0 Å². The number of rotatable bonds is 9. The highest BCUT2D eigenvalue weighted by Crippen LogP contribution is 2.26. The summed E-state index contributed by atoms with van der Waals surface area (Å²) in [4.78, 5) is 17.2. The fourth-order valence-electron chi connectivity index (χ4n) is 3.12. The molecule has 0 bridgehead atoms. The van der Waals surface area contributed by atoms with Crippen molar-refractivity contribution in [1.82, 2.24) is 15.5 Å². The van der Waals surface area contributed by atoms with E-state index >= 15 is 0 Å². The van der Waals surface area contributed by atoms with Crippen LogP contribution in [-0.2, 0) is 21.4 Å². The third kappa shape index (κ3) is 5.40. The van der Waals surface area contributed by atoms with Crippen LogP contribution in [-0.4, -0.2) is 43.9 Å². The number of carbonyl (C=O) groups is 1. The first-order valence-corrected chi connectivity index (χ1v) is 11.5. The van der Waals surface area contributed by atoms with E-state index in [1.54, 1.807) is 31.2 Å². The second-order valence-corrected chi connectivity index (χ2v) is 8.64. The Labute approximate surface area is 181 Å². The lowest BCUT2D eigenvalue weighted by Gasteiger charge is -2.30. The molecule has 1 aromatic heterocycles. The van der Waals surface area contributed by atoms with Gasteiger partial charge in [0.2, 0.25) is 27.6 Å². The Morgan fingerprint density at radius 3 is 2.58 bits per heavy atom. The summed E-state index contributed by atoms with van der Waals surface area (Å²) in [6.45, 7) is 1.72. The van der Waals surface area contributed by atoms with Crippen LogP contribution in [0.2, 0.25) is 0 Å². The number of hydrogen-bond donors (Lipinski definition) is 1. The molecule has 10 heteroatoms. The van der Waals surface area contributed by atoms with Crippen molar-refractivity contribution in [3.05, 3.63) is 60.5 Å². The van der Waals surface area contributed by atoms with Gasteiger partial charge in [-0.15, -0.1) is 0 Å². The van der Waals surface area contributed by atoms with Gasteiger partial charge in [0.05, 0.1) is 25.6 Å². The number of nitrogens with zero attached hydrogens (tertiary/aromatic N) is 3. The van der Waals surface area contributed by atoms with Crippen molar-refractivity contribution in [2.45, 2.75) is 25.9 Å². The molecule has 0 aliphatic carbocycles. The summed E-state index contributed by atoms with van der Waals surface area (Å²) in [5, 5.41) is 6.61. The maximum atomic E-state index is 12.9. The summed E-state index contributed by atoms with van der Waals surface area (Å²) in [6, 6.07) is 14.9. The third-order valence-electron chi connectivity index (χ3n) is 4.55. The number of amides is 1. The molecule has 1 atom stereocenters. The number of methoxy groups -OCH3 is 1. The number of ether oxygens (including phenoxy) is 1. The largest absolute Gasteiger partial charge is 0.497 e. The van der Waals surface area contributed by atoms with E-state index < -0.39 is 22.0 Å². The number of carbonyl (C=O) groups excluding carboxylic acids is 1. The minimum absolute atomic E-state index is 0.0229. The molecular weight excluding hydrogens is 420 g/mol. The molecule has 0 unspecified atom stereocenters.